The molecule has 0 aliphatic carbocycles. The van der Waals surface area contributed by atoms with E-state index in [9.17, 15) is 4.79 Å². The number of aromatic nitrogens is 2. The number of H-pyrrole nitrogens is 1. The normalized spacial score (nSPS) is 18.2. The number of aromatic amines is 1. The zero-order valence-corrected chi connectivity index (χ0v) is 15.6. The summed E-state index contributed by atoms with van der Waals surface area (Å²) < 4.78 is 5.16. The van der Waals surface area contributed by atoms with Gasteiger partial charge >= 0.3 is 0 Å². The molecule has 1 aromatic heterocycles. The van der Waals surface area contributed by atoms with E-state index in [1.54, 1.807) is 24.4 Å². The first kappa shape index (κ1) is 17.8. The average molecular weight is 367 g/mol. The molecule has 4 rings (SSSR count). The summed E-state index contributed by atoms with van der Waals surface area (Å²) in [6.07, 6.45) is 5.54. The van der Waals surface area contributed by atoms with Crippen molar-refractivity contribution < 1.29 is 9.53 Å². The molecular formula is C20H25N5O2. The largest absolute Gasteiger partial charge is 0.383 e. The molecule has 2 aliphatic rings. The van der Waals surface area contributed by atoms with Crippen molar-refractivity contribution in [1.82, 2.24) is 14.9 Å². The highest BCUT2D eigenvalue weighted by atomic mass is 16.5. The molecule has 0 atom stereocenters. The molecule has 7 nitrogen and oxygen atoms in total. The molecule has 1 saturated heterocycles. The Bertz CT molecular complexity index is 825. The highest BCUT2D eigenvalue weighted by Gasteiger charge is 2.34. The summed E-state index contributed by atoms with van der Waals surface area (Å²) in [6.45, 7) is 7.91. The van der Waals surface area contributed by atoms with E-state index in [-0.39, 0.29) is 5.91 Å². The van der Waals surface area contributed by atoms with Gasteiger partial charge in [-0.3, -0.25) is 4.79 Å². The van der Waals surface area contributed by atoms with E-state index in [2.05, 4.69) is 26.8 Å². The van der Waals surface area contributed by atoms with E-state index in [0.717, 1.165) is 56.0 Å². The van der Waals surface area contributed by atoms with Crippen LogP contribution in [-0.2, 0) is 9.53 Å². The summed E-state index contributed by atoms with van der Waals surface area (Å²) in [6, 6.07) is 6.45. The summed E-state index contributed by atoms with van der Waals surface area (Å²) in [7, 11) is 1.74. The predicted octanol–water partition coefficient (Wildman–Crippen LogP) is 2.62. The highest BCUT2D eigenvalue weighted by Crippen LogP contribution is 2.40. The first-order chi connectivity index (χ1) is 13.2. The Hall–Kier alpha value is -2.64. The Kier molecular flexibility index (Phi) is 4.96. The summed E-state index contributed by atoms with van der Waals surface area (Å²) in [5.74, 6) is 0.382. The number of imidazole rings is 1. The lowest BCUT2D eigenvalue weighted by Crippen LogP contribution is -2.40. The third-order valence-electron chi connectivity index (χ3n) is 5.29. The number of carbonyl (C=O) groups excluding carboxylic acids is 1. The maximum Gasteiger partial charge on any atom is 0.265 e. The maximum absolute atomic E-state index is 12.6. The number of hydrogen-bond donors (Lipinski definition) is 2. The lowest BCUT2D eigenvalue weighted by atomic mass is 10.0. The number of rotatable bonds is 6. The number of carbonyl (C=O) groups is 1. The van der Waals surface area contributed by atoms with Gasteiger partial charge in [0.2, 0.25) is 5.95 Å². The standard InChI is InChI=1S/C20H25N5O2/c1-14-17-13-16(23-15-5-9-24(10-6-15)11-12-27-2)3-4-18(17)25(19(14)26)20-21-7-8-22-20/h3-4,7-8,13,15,23H,1,5-6,9-12H2,2H3,(H,21,22). The van der Waals surface area contributed by atoms with Gasteiger partial charge in [0.1, 0.15) is 0 Å². The molecule has 0 spiro atoms. The second-order valence-electron chi connectivity index (χ2n) is 7.02. The molecule has 2 aromatic rings. The molecule has 1 amide bonds. The summed E-state index contributed by atoms with van der Waals surface area (Å²) in [4.78, 5) is 23.8. The van der Waals surface area contributed by atoms with E-state index < -0.39 is 0 Å². The second kappa shape index (κ2) is 7.54. The molecule has 27 heavy (non-hydrogen) atoms. The number of likely N-dealkylation sites (tertiary alicyclic amines) is 1. The number of nitrogens with zero attached hydrogens (tertiary/aromatic N) is 3. The van der Waals surface area contributed by atoms with E-state index in [1.807, 2.05) is 18.2 Å². The molecule has 7 heteroatoms. The molecule has 142 valence electrons. The van der Waals surface area contributed by atoms with Crippen LogP contribution in [0.15, 0.2) is 37.2 Å². The predicted molar refractivity (Wildman–Crippen MR) is 106 cm³/mol. The number of anilines is 3. The lowest BCUT2D eigenvalue weighted by molar-refractivity contribution is -0.112. The van der Waals surface area contributed by atoms with E-state index in [4.69, 9.17) is 4.74 Å². The van der Waals surface area contributed by atoms with Crippen LogP contribution in [0.3, 0.4) is 0 Å². The summed E-state index contributed by atoms with van der Waals surface area (Å²) in [5, 5.41) is 3.62. The fourth-order valence-electron chi connectivity index (χ4n) is 3.77. The number of amides is 1. The topological polar surface area (TPSA) is 73.5 Å². The van der Waals surface area contributed by atoms with Crippen molar-refractivity contribution in [2.45, 2.75) is 18.9 Å². The Morgan fingerprint density at radius 2 is 2.19 bits per heavy atom. The lowest BCUT2D eigenvalue weighted by Gasteiger charge is -2.32. The number of methoxy groups -OCH3 is 1. The monoisotopic (exact) mass is 367 g/mol. The van der Waals surface area contributed by atoms with Crippen LogP contribution in [0.25, 0.3) is 5.57 Å². The fourth-order valence-corrected chi connectivity index (χ4v) is 3.77. The molecule has 2 aliphatic heterocycles. The van der Waals surface area contributed by atoms with Gasteiger partial charge in [0.25, 0.3) is 5.91 Å². The van der Waals surface area contributed by atoms with E-state index in [0.29, 0.717) is 17.6 Å². The van der Waals surface area contributed by atoms with Crippen molar-refractivity contribution in [1.29, 1.82) is 0 Å². The molecular weight excluding hydrogens is 342 g/mol. The number of nitrogens with one attached hydrogen (secondary N) is 2. The van der Waals surface area contributed by atoms with Crippen LogP contribution >= 0.6 is 0 Å². The maximum atomic E-state index is 12.6. The number of benzene rings is 1. The SMILES string of the molecule is C=C1C(=O)N(c2ncc[nH]2)c2ccc(NC3CCN(CCOC)CC3)cc21. The summed E-state index contributed by atoms with van der Waals surface area (Å²) in [5.41, 5.74) is 3.21. The molecule has 0 saturated carbocycles. The van der Waals surface area contributed by atoms with Gasteiger partial charge in [-0.15, -0.1) is 0 Å². The van der Waals surface area contributed by atoms with Crippen molar-refractivity contribution in [3.63, 3.8) is 0 Å². The smallest absolute Gasteiger partial charge is 0.265 e. The van der Waals surface area contributed by atoms with Gasteiger partial charge in [0.15, 0.2) is 0 Å². The molecule has 0 bridgehead atoms. The van der Waals surface area contributed by atoms with Crippen LogP contribution in [-0.4, -0.2) is 60.2 Å². The van der Waals surface area contributed by atoms with Gasteiger partial charge in [-0.05, 0) is 31.0 Å². The van der Waals surface area contributed by atoms with Crippen LogP contribution in [0.4, 0.5) is 17.3 Å². The zero-order valence-electron chi connectivity index (χ0n) is 15.6. The Labute approximate surface area is 159 Å². The van der Waals surface area contributed by atoms with Crippen molar-refractivity contribution in [3.8, 4) is 0 Å². The fraction of sp³-hybridized carbons (Fsp3) is 0.400. The third-order valence-corrected chi connectivity index (χ3v) is 5.29. The van der Waals surface area contributed by atoms with E-state index in [1.165, 1.54) is 0 Å². The molecule has 1 fully saturated rings. The van der Waals surface area contributed by atoms with Crippen molar-refractivity contribution >= 4 is 28.8 Å². The number of fused-ring (bicyclic) bond motifs is 1. The molecule has 0 unspecified atom stereocenters. The average Bonchev–Trinajstić information content (AvgIpc) is 3.29. The number of hydrogen-bond acceptors (Lipinski definition) is 5. The Morgan fingerprint density at radius 3 is 2.89 bits per heavy atom. The Morgan fingerprint density at radius 1 is 1.37 bits per heavy atom. The molecule has 0 radical (unpaired) electrons. The van der Waals surface area contributed by atoms with Crippen molar-refractivity contribution in [3.05, 3.63) is 42.7 Å². The minimum absolute atomic E-state index is 0.136. The van der Waals surface area contributed by atoms with Crippen molar-refractivity contribution in [2.24, 2.45) is 0 Å². The molecule has 2 N–H and O–H groups in total. The van der Waals surface area contributed by atoms with Crippen molar-refractivity contribution in [2.75, 3.05) is 43.6 Å². The van der Waals surface area contributed by atoms with Crippen LogP contribution in [0, 0.1) is 0 Å². The zero-order chi connectivity index (χ0) is 18.8. The van der Waals surface area contributed by atoms with Gasteiger partial charge in [0.05, 0.1) is 12.3 Å². The van der Waals surface area contributed by atoms with Gasteiger partial charge in [-0.2, -0.15) is 0 Å². The second-order valence-corrected chi connectivity index (χ2v) is 7.02. The van der Waals surface area contributed by atoms with Crippen LogP contribution < -0.4 is 10.2 Å². The van der Waals surface area contributed by atoms with Gasteiger partial charge in [-0.1, -0.05) is 6.58 Å². The number of ether oxygens (including phenoxy) is 1. The van der Waals surface area contributed by atoms with Gasteiger partial charge in [-0.25, -0.2) is 9.88 Å². The quantitative estimate of drug-likeness (QED) is 0.768. The molecule has 1 aromatic carbocycles. The first-order valence-electron chi connectivity index (χ1n) is 9.32. The van der Waals surface area contributed by atoms with Crippen LogP contribution in [0.5, 0.6) is 0 Å². The third kappa shape index (κ3) is 3.48. The minimum Gasteiger partial charge on any atom is -0.383 e. The molecule has 3 heterocycles. The number of piperidine rings is 1. The van der Waals surface area contributed by atoms with Crippen LogP contribution in [0.1, 0.15) is 18.4 Å². The van der Waals surface area contributed by atoms with Gasteiger partial charge in [0, 0.05) is 62.0 Å². The van der Waals surface area contributed by atoms with Crippen LogP contribution in [0.2, 0.25) is 0 Å². The minimum atomic E-state index is -0.136. The summed E-state index contributed by atoms with van der Waals surface area (Å²) >= 11 is 0. The highest BCUT2D eigenvalue weighted by molar-refractivity contribution is 6.34. The first-order valence-corrected chi connectivity index (χ1v) is 9.32. The Balaban J connectivity index is 1.45. The van der Waals surface area contributed by atoms with Gasteiger partial charge < -0.3 is 19.9 Å². The van der Waals surface area contributed by atoms with E-state index >= 15 is 0 Å².